The molecule has 0 bridgehead atoms. The number of amides is 2. The summed E-state index contributed by atoms with van der Waals surface area (Å²) in [5.41, 5.74) is 1.11. The van der Waals surface area contributed by atoms with Crippen LogP contribution in [0.2, 0.25) is 0 Å². The van der Waals surface area contributed by atoms with E-state index in [0.29, 0.717) is 0 Å². The molecule has 2 aliphatic rings. The number of aliphatic hydroxyl groups is 1. The zero-order valence-corrected chi connectivity index (χ0v) is 13.0. The fourth-order valence-corrected chi connectivity index (χ4v) is 3.80. The second-order valence-electron chi connectivity index (χ2n) is 6.55. The van der Waals surface area contributed by atoms with Crippen LogP contribution in [-0.4, -0.2) is 23.8 Å². The number of hydrogen-bond donors (Lipinski definition) is 3. The molecule has 1 saturated carbocycles. The molecule has 5 heteroatoms. The van der Waals surface area contributed by atoms with E-state index in [-0.39, 0.29) is 30.6 Å². The van der Waals surface area contributed by atoms with E-state index < -0.39 is 0 Å². The van der Waals surface area contributed by atoms with E-state index in [1.807, 2.05) is 6.07 Å². The van der Waals surface area contributed by atoms with E-state index in [1.165, 1.54) is 6.42 Å². The van der Waals surface area contributed by atoms with Crippen LogP contribution >= 0.6 is 0 Å². The fourth-order valence-electron chi connectivity index (χ4n) is 3.80. The fraction of sp³-hybridized carbons (Fsp3) is 0.706. The highest BCUT2D eigenvalue weighted by Gasteiger charge is 2.27. The van der Waals surface area contributed by atoms with Crippen LogP contribution in [0.4, 0.5) is 4.79 Å². The molecular weight excluding hydrogens is 280 g/mol. The predicted molar refractivity (Wildman–Crippen MR) is 83.5 cm³/mol. The molecule has 0 aromatic carbocycles. The number of furan rings is 1. The van der Waals surface area contributed by atoms with Crippen molar-refractivity contribution in [2.75, 3.05) is 6.61 Å². The Kier molecular flexibility index (Phi) is 5.03. The van der Waals surface area contributed by atoms with Crippen molar-refractivity contribution in [3.8, 4) is 0 Å². The van der Waals surface area contributed by atoms with Crippen molar-refractivity contribution < 1.29 is 14.3 Å². The third-order valence-corrected chi connectivity index (χ3v) is 5.07. The third-order valence-electron chi connectivity index (χ3n) is 5.07. The Morgan fingerprint density at radius 1 is 1.18 bits per heavy atom. The predicted octanol–water partition coefficient (Wildman–Crippen LogP) is 2.90. The Bertz CT molecular complexity index is 500. The minimum absolute atomic E-state index is 0.0425. The number of rotatable bonds is 3. The summed E-state index contributed by atoms with van der Waals surface area (Å²) in [6, 6.07) is 1.96. The van der Waals surface area contributed by atoms with Gasteiger partial charge in [0.1, 0.15) is 5.76 Å². The van der Waals surface area contributed by atoms with Gasteiger partial charge in [-0.15, -0.1) is 0 Å². The Labute approximate surface area is 131 Å². The summed E-state index contributed by atoms with van der Waals surface area (Å²) in [6.07, 6.45) is 10.1. The number of nitrogens with one attached hydrogen (secondary N) is 2. The van der Waals surface area contributed by atoms with E-state index >= 15 is 0 Å². The first-order valence-electron chi connectivity index (χ1n) is 8.52. The van der Waals surface area contributed by atoms with E-state index in [1.54, 1.807) is 6.26 Å². The van der Waals surface area contributed by atoms with E-state index in [2.05, 4.69) is 10.6 Å². The van der Waals surface area contributed by atoms with Gasteiger partial charge in [0.15, 0.2) is 0 Å². The quantitative estimate of drug-likeness (QED) is 0.752. The molecule has 1 aromatic heterocycles. The highest BCUT2D eigenvalue weighted by atomic mass is 16.3. The Hall–Kier alpha value is -1.49. The lowest BCUT2D eigenvalue weighted by atomic mass is 9.93. The number of hydrogen-bond acceptors (Lipinski definition) is 3. The van der Waals surface area contributed by atoms with Crippen LogP contribution in [-0.2, 0) is 6.42 Å². The van der Waals surface area contributed by atoms with Crippen molar-refractivity contribution in [1.82, 2.24) is 10.6 Å². The molecular formula is C17H26N2O3. The maximum atomic E-state index is 12.4. The van der Waals surface area contributed by atoms with Crippen LogP contribution in [0.15, 0.2) is 16.7 Å². The lowest BCUT2D eigenvalue weighted by Gasteiger charge is -2.27. The first-order valence-corrected chi connectivity index (χ1v) is 8.52. The molecule has 3 unspecified atom stereocenters. The van der Waals surface area contributed by atoms with Gasteiger partial charge < -0.3 is 20.2 Å². The zero-order valence-electron chi connectivity index (χ0n) is 13.0. The average molecular weight is 306 g/mol. The molecule has 1 aromatic rings. The molecule has 3 N–H and O–H groups in total. The zero-order chi connectivity index (χ0) is 15.4. The maximum Gasteiger partial charge on any atom is 0.315 e. The molecule has 0 saturated heterocycles. The average Bonchev–Trinajstić information content (AvgIpc) is 2.89. The molecule has 0 spiro atoms. The summed E-state index contributed by atoms with van der Waals surface area (Å²) in [5.74, 6) is 1.18. The van der Waals surface area contributed by atoms with Crippen LogP contribution in [0, 0.1) is 5.92 Å². The molecule has 3 rings (SSSR count). The van der Waals surface area contributed by atoms with Crippen molar-refractivity contribution in [2.45, 2.75) is 63.5 Å². The smallest absolute Gasteiger partial charge is 0.315 e. The van der Waals surface area contributed by atoms with Gasteiger partial charge in [-0.1, -0.05) is 19.3 Å². The first kappa shape index (κ1) is 15.4. The van der Waals surface area contributed by atoms with Crippen LogP contribution in [0.25, 0.3) is 0 Å². The van der Waals surface area contributed by atoms with Crippen LogP contribution in [0.3, 0.4) is 0 Å². The minimum atomic E-state index is -0.121. The summed E-state index contributed by atoms with van der Waals surface area (Å²) in [4.78, 5) is 12.4. The number of carbonyl (C=O) groups is 1. The van der Waals surface area contributed by atoms with Gasteiger partial charge in [0.2, 0.25) is 0 Å². The summed E-state index contributed by atoms with van der Waals surface area (Å²) in [5, 5.41) is 15.7. The molecule has 2 aliphatic carbocycles. The standard InChI is InChI=1S/C17H26N2O3/c20-11-12-5-2-1-3-6-14(12)18-17(21)19-15-7-4-8-16-13(15)9-10-22-16/h9-10,12,14-15,20H,1-8,11H2,(H2,18,19,21). The molecule has 122 valence electrons. The van der Waals surface area contributed by atoms with Gasteiger partial charge in [-0.3, -0.25) is 0 Å². The number of fused-ring (bicyclic) bond motifs is 1. The van der Waals surface area contributed by atoms with Gasteiger partial charge in [0.25, 0.3) is 0 Å². The molecule has 1 fully saturated rings. The largest absolute Gasteiger partial charge is 0.469 e. The van der Waals surface area contributed by atoms with Crippen molar-refractivity contribution in [3.63, 3.8) is 0 Å². The monoisotopic (exact) mass is 306 g/mol. The van der Waals surface area contributed by atoms with E-state index in [4.69, 9.17) is 4.42 Å². The molecule has 1 heterocycles. The third kappa shape index (κ3) is 3.46. The number of carbonyl (C=O) groups excluding carboxylic acids is 1. The van der Waals surface area contributed by atoms with Gasteiger partial charge in [-0.25, -0.2) is 4.79 Å². The van der Waals surface area contributed by atoms with E-state index in [0.717, 1.165) is 56.3 Å². The molecule has 0 radical (unpaired) electrons. The summed E-state index contributed by atoms with van der Waals surface area (Å²) < 4.78 is 5.46. The van der Waals surface area contributed by atoms with Gasteiger partial charge >= 0.3 is 6.03 Å². The second-order valence-corrected chi connectivity index (χ2v) is 6.55. The molecule has 0 aliphatic heterocycles. The highest BCUT2D eigenvalue weighted by Crippen LogP contribution is 2.30. The number of aryl methyl sites for hydroxylation is 1. The van der Waals surface area contributed by atoms with Gasteiger partial charge in [0.05, 0.1) is 12.3 Å². The Morgan fingerprint density at radius 2 is 2.05 bits per heavy atom. The number of aliphatic hydroxyl groups excluding tert-OH is 1. The van der Waals surface area contributed by atoms with Crippen molar-refractivity contribution in [2.24, 2.45) is 5.92 Å². The lowest BCUT2D eigenvalue weighted by Crippen LogP contribution is -2.47. The minimum Gasteiger partial charge on any atom is -0.469 e. The molecule has 3 atom stereocenters. The molecule has 5 nitrogen and oxygen atoms in total. The summed E-state index contributed by atoms with van der Waals surface area (Å²) in [6.45, 7) is 0.153. The SMILES string of the molecule is O=C(NC1CCCc2occc21)NC1CCCCCC1CO. The highest BCUT2D eigenvalue weighted by molar-refractivity contribution is 5.75. The second kappa shape index (κ2) is 7.18. The van der Waals surface area contributed by atoms with Gasteiger partial charge in [-0.05, 0) is 31.7 Å². The van der Waals surface area contributed by atoms with Crippen LogP contribution in [0.5, 0.6) is 0 Å². The maximum absolute atomic E-state index is 12.4. The Morgan fingerprint density at radius 3 is 2.91 bits per heavy atom. The lowest BCUT2D eigenvalue weighted by molar-refractivity contribution is 0.178. The van der Waals surface area contributed by atoms with Crippen molar-refractivity contribution in [1.29, 1.82) is 0 Å². The summed E-state index contributed by atoms with van der Waals surface area (Å²) >= 11 is 0. The number of urea groups is 1. The van der Waals surface area contributed by atoms with Crippen molar-refractivity contribution in [3.05, 3.63) is 23.7 Å². The van der Waals surface area contributed by atoms with Crippen molar-refractivity contribution >= 4 is 6.03 Å². The van der Waals surface area contributed by atoms with E-state index in [9.17, 15) is 9.90 Å². The topological polar surface area (TPSA) is 74.5 Å². The van der Waals surface area contributed by atoms with Gasteiger partial charge in [-0.2, -0.15) is 0 Å². The molecule has 22 heavy (non-hydrogen) atoms. The molecule has 2 amide bonds. The van der Waals surface area contributed by atoms with Crippen LogP contribution < -0.4 is 10.6 Å². The first-order chi connectivity index (χ1) is 10.8. The van der Waals surface area contributed by atoms with Crippen LogP contribution in [0.1, 0.15) is 62.3 Å². The normalized spacial score (nSPS) is 28.5. The van der Waals surface area contributed by atoms with Gasteiger partial charge in [0, 0.05) is 30.6 Å². The summed E-state index contributed by atoms with van der Waals surface area (Å²) in [7, 11) is 0. The Balaban J connectivity index is 1.58.